The maximum atomic E-state index is 3.42. The van der Waals surface area contributed by atoms with E-state index in [1.54, 1.807) is 11.3 Å². The monoisotopic (exact) mass is 197 g/mol. The molecule has 1 rings (SSSR count). The van der Waals surface area contributed by atoms with Gasteiger partial charge in [-0.2, -0.15) is 11.3 Å². The first-order valence-electron chi connectivity index (χ1n) is 5.15. The Hall–Kier alpha value is -0.340. The Labute approximate surface area is 85.2 Å². The van der Waals surface area contributed by atoms with Crippen LogP contribution in [0.15, 0.2) is 16.8 Å². The zero-order chi connectivity index (χ0) is 9.36. The molecular formula is C11H19NS. The van der Waals surface area contributed by atoms with Gasteiger partial charge in [0.25, 0.3) is 0 Å². The molecular weight excluding hydrogens is 178 g/mol. The smallest absolute Gasteiger partial charge is 0.00488 e. The molecule has 0 atom stereocenters. The second-order valence-electron chi connectivity index (χ2n) is 3.34. The van der Waals surface area contributed by atoms with Gasteiger partial charge < -0.3 is 5.32 Å². The van der Waals surface area contributed by atoms with Gasteiger partial charge in [0.2, 0.25) is 0 Å². The van der Waals surface area contributed by atoms with Crippen LogP contribution >= 0.6 is 11.3 Å². The van der Waals surface area contributed by atoms with Crippen molar-refractivity contribution in [1.82, 2.24) is 5.32 Å². The second-order valence-corrected chi connectivity index (χ2v) is 4.12. The molecule has 0 unspecified atom stereocenters. The van der Waals surface area contributed by atoms with Gasteiger partial charge in [-0.25, -0.2) is 0 Å². The van der Waals surface area contributed by atoms with Crippen molar-refractivity contribution in [2.75, 3.05) is 13.1 Å². The number of nitrogens with one attached hydrogen (secondary N) is 1. The summed E-state index contributed by atoms with van der Waals surface area (Å²) in [6.07, 6.45) is 5.10. The summed E-state index contributed by atoms with van der Waals surface area (Å²) >= 11 is 1.80. The van der Waals surface area contributed by atoms with E-state index in [0.29, 0.717) is 0 Å². The molecule has 1 heterocycles. The van der Waals surface area contributed by atoms with Crippen LogP contribution in [-0.4, -0.2) is 13.1 Å². The zero-order valence-electron chi connectivity index (χ0n) is 8.38. The van der Waals surface area contributed by atoms with Crippen LogP contribution in [0.2, 0.25) is 0 Å². The fraction of sp³-hybridized carbons (Fsp3) is 0.636. The summed E-state index contributed by atoms with van der Waals surface area (Å²) in [6, 6.07) is 2.23. The van der Waals surface area contributed by atoms with E-state index >= 15 is 0 Å². The Kier molecular flexibility index (Phi) is 5.87. The lowest BCUT2D eigenvalue weighted by molar-refractivity contribution is 0.617. The van der Waals surface area contributed by atoms with Crippen molar-refractivity contribution < 1.29 is 0 Å². The van der Waals surface area contributed by atoms with Crippen LogP contribution in [0.3, 0.4) is 0 Å². The predicted molar refractivity (Wildman–Crippen MR) is 60.4 cm³/mol. The normalized spacial score (nSPS) is 10.5. The molecule has 74 valence electrons. The van der Waals surface area contributed by atoms with Crippen molar-refractivity contribution in [3.8, 4) is 0 Å². The van der Waals surface area contributed by atoms with E-state index < -0.39 is 0 Å². The minimum absolute atomic E-state index is 1.17. The molecule has 0 aliphatic carbocycles. The summed E-state index contributed by atoms with van der Waals surface area (Å²) in [5, 5.41) is 7.82. The van der Waals surface area contributed by atoms with Crippen molar-refractivity contribution in [2.24, 2.45) is 0 Å². The summed E-state index contributed by atoms with van der Waals surface area (Å²) in [7, 11) is 0. The third-order valence-corrected chi connectivity index (χ3v) is 2.81. The lowest BCUT2D eigenvalue weighted by Gasteiger charge is -2.01. The molecule has 0 aliphatic heterocycles. The molecule has 0 saturated heterocycles. The first kappa shape index (κ1) is 10.7. The number of aryl methyl sites for hydroxylation is 1. The van der Waals surface area contributed by atoms with Crippen LogP contribution in [0.1, 0.15) is 31.7 Å². The van der Waals surface area contributed by atoms with E-state index in [0.717, 1.165) is 0 Å². The number of rotatable bonds is 7. The highest BCUT2D eigenvalue weighted by Gasteiger charge is 1.92. The Morgan fingerprint density at radius 2 is 2.23 bits per heavy atom. The molecule has 0 aliphatic rings. The number of hydrogen-bond donors (Lipinski definition) is 1. The van der Waals surface area contributed by atoms with Gasteiger partial charge in [0.05, 0.1) is 0 Å². The average molecular weight is 197 g/mol. The van der Waals surface area contributed by atoms with Crippen molar-refractivity contribution in [1.29, 1.82) is 0 Å². The molecule has 1 N–H and O–H groups in total. The number of thiophene rings is 1. The summed E-state index contributed by atoms with van der Waals surface area (Å²) in [5.41, 5.74) is 1.50. The molecule has 0 bridgehead atoms. The Bertz CT molecular complexity index is 194. The zero-order valence-corrected chi connectivity index (χ0v) is 9.20. The quantitative estimate of drug-likeness (QED) is 0.662. The largest absolute Gasteiger partial charge is 0.317 e. The van der Waals surface area contributed by atoms with E-state index in [1.807, 2.05) is 0 Å². The van der Waals surface area contributed by atoms with Crippen molar-refractivity contribution in [3.05, 3.63) is 22.4 Å². The van der Waals surface area contributed by atoms with Gasteiger partial charge in [0.1, 0.15) is 0 Å². The van der Waals surface area contributed by atoms with Gasteiger partial charge in [0, 0.05) is 0 Å². The summed E-state index contributed by atoms with van der Waals surface area (Å²) in [4.78, 5) is 0. The first-order valence-corrected chi connectivity index (χ1v) is 6.09. The van der Waals surface area contributed by atoms with Crippen molar-refractivity contribution >= 4 is 11.3 Å². The SMILES string of the molecule is CCCNCCCCc1ccsc1. The van der Waals surface area contributed by atoms with Crippen LogP contribution in [0.5, 0.6) is 0 Å². The van der Waals surface area contributed by atoms with Crippen molar-refractivity contribution in [3.63, 3.8) is 0 Å². The number of unbranched alkanes of at least 4 members (excludes halogenated alkanes) is 1. The highest BCUT2D eigenvalue weighted by Crippen LogP contribution is 2.08. The number of hydrogen-bond acceptors (Lipinski definition) is 2. The van der Waals surface area contributed by atoms with Gasteiger partial charge in [-0.05, 0) is 61.2 Å². The molecule has 1 aromatic rings. The highest BCUT2D eigenvalue weighted by molar-refractivity contribution is 7.07. The lowest BCUT2D eigenvalue weighted by atomic mass is 10.1. The highest BCUT2D eigenvalue weighted by atomic mass is 32.1. The third kappa shape index (κ3) is 5.06. The van der Waals surface area contributed by atoms with Gasteiger partial charge in [-0.15, -0.1) is 0 Å². The molecule has 0 spiro atoms. The summed E-state index contributed by atoms with van der Waals surface area (Å²) in [5.74, 6) is 0. The molecule has 1 nitrogen and oxygen atoms in total. The predicted octanol–water partition coefficient (Wildman–Crippen LogP) is 3.07. The molecule has 13 heavy (non-hydrogen) atoms. The van der Waals surface area contributed by atoms with E-state index in [2.05, 4.69) is 29.1 Å². The molecule has 0 radical (unpaired) electrons. The van der Waals surface area contributed by atoms with Crippen LogP contribution in [0, 0.1) is 0 Å². The van der Waals surface area contributed by atoms with Gasteiger partial charge in [-0.1, -0.05) is 6.92 Å². The molecule has 1 aromatic heterocycles. The average Bonchev–Trinajstić information content (AvgIpc) is 2.63. The van der Waals surface area contributed by atoms with E-state index in [4.69, 9.17) is 0 Å². The van der Waals surface area contributed by atoms with Crippen LogP contribution < -0.4 is 5.32 Å². The summed E-state index contributed by atoms with van der Waals surface area (Å²) < 4.78 is 0. The molecule has 2 heteroatoms. The minimum atomic E-state index is 1.17. The van der Waals surface area contributed by atoms with Crippen LogP contribution in [-0.2, 0) is 6.42 Å². The molecule has 0 fully saturated rings. The standard InChI is InChI=1S/C11H19NS/c1-2-7-12-8-4-3-5-11-6-9-13-10-11/h6,9-10,12H,2-5,7-8H2,1H3. The van der Waals surface area contributed by atoms with Crippen molar-refractivity contribution in [2.45, 2.75) is 32.6 Å². The van der Waals surface area contributed by atoms with Gasteiger partial charge in [-0.3, -0.25) is 0 Å². The fourth-order valence-corrected chi connectivity index (χ4v) is 2.02. The third-order valence-electron chi connectivity index (χ3n) is 2.08. The molecule has 0 aromatic carbocycles. The minimum Gasteiger partial charge on any atom is -0.317 e. The topological polar surface area (TPSA) is 12.0 Å². The van der Waals surface area contributed by atoms with E-state index in [1.165, 1.54) is 44.3 Å². The Morgan fingerprint density at radius 1 is 1.31 bits per heavy atom. The summed E-state index contributed by atoms with van der Waals surface area (Å²) in [6.45, 7) is 4.55. The van der Waals surface area contributed by atoms with Crippen LogP contribution in [0.4, 0.5) is 0 Å². The Balaban J connectivity index is 1.90. The van der Waals surface area contributed by atoms with E-state index in [-0.39, 0.29) is 0 Å². The van der Waals surface area contributed by atoms with Gasteiger partial charge >= 0.3 is 0 Å². The first-order chi connectivity index (χ1) is 6.43. The van der Waals surface area contributed by atoms with E-state index in [9.17, 15) is 0 Å². The molecule has 0 saturated carbocycles. The Morgan fingerprint density at radius 3 is 2.92 bits per heavy atom. The molecule has 0 amide bonds. The maximum absolute atomic E-state index is 3.42. The lowest BCUT2D eigenvalue weighted by Crippen LogP contribution is -2.15. The van der Waals surface area contributed by atoms with Gasteiger partial charge in [0.15, 0.2) is 0 Å². The fourth-order valence-electron chi connectivity index (χ4n) is 1.32. The second kappa shape index (κ2) is 7.10. The van der Waals surface area contributed by atoms with Crippen LogP contribution in [0.25, 0.3) is 0 Å². The maximum Gasteiger partial charge on any atom is -0.00488 e.